The summed E-state index contributed by atoms with van der Waals surface area (Å²) in [7, 11) is 25.9. The first-order chi connectivity index (χ1) is 28.1. The third-order valence-electron chi connectivity index (χ3n) is 9.06. The predicted octanol–water partition coefficient (Wildman–Crippen LogP) is 4.13. The number of hydrogen-bond acceptors (Lipinski definition) is 7. The summed E-state index contributed by atoms with van der Waals surface area (Å²) in [6.45, 7) is 15.5. The zero-order valence-electron chi connectivity index (χ0n) is 37.1. The lowest BCUT2D eigenvalue weighted by molar-refractivity contribution is -0.142. The minimum absolute atomic E-state index is 0.0520. The topological polar surface area (TPSA) is 151 Å². The van der Waals surface area contributed by atoms with Gasteiger partial charge in [-0.25, -0.2) is 9.59 Å². The summed E-state index contributed by atoms with van der Waals surface area (Å²) in [6, 6.07) is 14.7. The average molecular weight is 869 g/mol. The van der Waals surface area contributed by atoms with E-state index in [1.165, 1.54) is 0 Å². The summed E-state index contributed by atoms with van der Waals surface area (Å²) < 4.78 is 10.8. The maximum atomic E-state index is 12.5. The number of likely N-dealkylation sites (N-methyl/N-ethyl adjacent to an activating group) is 2. The molecule has 21 heteroatoms. The number of nitrogens with two attached hydrogens (primary N) is 1. The fourth-order valence-electron chi connectivity index (χ4n) is 4.72. The zero-order valence-corrected chi connectivity index (χ0v) is 38.6. The Morgan fingerprint density at radius 2 is 1.13 bits per heavy atom. The lowest BCUT2D eigenvalue weighted by atomic mass is 8.97. The van der Waals surface area contributed by atoms with E-state index in [1.807, 2.05) is 104 Å². The number of nitrogens with zero attached hydrogens (tertiary/aromatic N) is 2. The van der Waals surface area contributed by atoms with Crippen molar-refractivity contribution in [1.82, 2.24) is 15.1 Å². The lowest BCUT2D eigenvalue weighted by Crippen LogP contribution is -2.48. The number of rotatable bonds is 12. The van der Waals surface area contributed by atoms with Crippen LogP contribution in [0.25, 0.3) is 0 Å². The Balaban J connectivity index is 0.000000897. The van der Waals surface area contributed by atoms with Gasteiger partial charge in [0.05, 0.1) is 17.5 Å². The smallest absolute Gasteiger partial charge is 0.410 e. The van der Waals surface area contributed by atoms with E-state index >= 15 is 0 Å². The van der Waals surface area contributed by atoms with Crippen molar-refractivity contribution in [2.45, 2.75) is 117 Å². The van der Waals surface area contributed by atoms with Gasteiger partial charge in [-0.1, -0.05) is 62.1 Å². The van der Waals surface area contributed by atoms with Crippen molar-refractivity contribution < 1.29 is 33.8 Å². The molecule has 2 aromatic carbocycles. The molecule has 0 unspecified atom stereocenters. The molecule has 11 nitrogen and oxygen atoms in total. The summed E-state index contributed by atoms with van der Waals surface area (Å²) in [6.07, 6.45) is 3.95. The molecule has 0 aromatic heterocycles. The molecule has 2 aromatic rings. The molecular formula is C40H63B8Cl2N4O7-. The van der Waals surface area contributed by atoms with Crippen LogP contribution < -0.4 is 11.1 Å². The normalized spacial score (nSPS) is 14.8. The number of hydrogen-bond donors (Lipinski definition) is 3. The molecule has 10 radical (unpaired) electrons. The first kappa shape index (κ1) is 58.0. The van der Waals surface area contributed by atoms with Gasteiger partial charge in [0.1, 0.15) is 11.2 Å². The number of carboxylic acids is 1. The lowest BCUT2D eigenvalue weighted by Gasteiger charge is -2.31. The van der Waals surface area contributed by atoms with Gasteiger partial charge >= 0.3 is 18.2 Å². The monoisotopic (exact) mass is 869 g/mol. The quantitative estimate of drug-likeness (QED) is 0.270. The molecule has 0 bridgehead atoms. The fourth-order valence-corrected chi connectivity index (χ4v) is 4.97. The highest BCUT2D eigenvalue weighted by molar-refractivity contribution is 7.60. The molecule has 0 spiro atoms. The van der Waals surface area contributed by atoms with Crippen LogP contribution in [0, 0.1) is 10.8 Å². The van der Waals surface area contributed by atoms with E-state index in [2.05, 4.69) is 20.8 Å². The molecule has 4 N–H and O–H groups in total. The number of benzene rings is 2. The molecule has 324 valence electrons. The number of carboxylic acid groups (broad SMARTS) is 1. The molecule has 0 saturated heterocycles. The molecule has 2 aliphatic carbocycles. The van der Waals surface area contributed by atoms with Crippen molar-refractivity contribution in [3.63, 3.8) is 0 Å². The third kappa shape index (κ3) is 25.6. The van der Waals surface area contributed by atoms with Gasteiger partial charge in [0, 0.05) is 65.2 Å². The van der Waals surface area contributed by atoms with Crippen molar-refractivity contribution in [2.75, 3.05) is 27.2 Å². The minimum atomic E-state index is -0.646. The van der Waals surface area contributed by atoms with Gasteiger partial charge in [-0.15, -0.1) is 0 Å². The Labute approximate surface area is 384 Å². The van der Waals surface area contributed by atoms with Gasteiger partial charge in [-0.05, 0) is 144 Å². The Bertz CT molecular complexity index is 1630. The van der Waals surface area contributed by atoms with E-state index in [-0.39, 0.29) is 41.3 Å². The summed E-state index contributed by atoms with van der Waals surface area (Å²) in [5, 5.41) is 12.7. The van der Waals surface area contributed by atoms with Crippen molar-refractivity contribution in [3.8, 4) is 0 Å². The van der Waals surface area contributed by atoms with Crippen LogP contribution >= 0.6 is 23.2 Å². The second-order valence-corrected chi connectivity index (χ2v) is 18.2. The summed E-state index contributed by atoms with van der Waals surface area (Å²) in [5.74, 6) is -0.594. The Kier molecular flexibility index (Phi) is 25.9. The molecule has 2 aliphatic rings. The Morgan fingerprint density at radius 1 is 0.803 bits per heavy atom. The van der Waals surface area contributed by atoms with Crippen molar-refractivity contribution >= 4 is 106 Å². The van der Waals surface area contributed by atoms with E-state index in [0.29, 0.717) is 43.7 Å². The van der Waals surface area contributed by atoms with Crippen LogP contribution in [0.2, 0.25) is 10.0 Å². The van der Waals surface area contributed by atoms with Gasteiger partial charge in [-0.3, -0.25) is 9.59 Å². The largest absolute Gasteiger partial charge is 0.481 e. The molecule has 2 saturated carbocycles. The van der Waals surface area contributed by atoms with E-state index in [4.69, 9.17) is 59.0 Å². The molecule has 3 amide bonds. The first-order valence-electron chi connectivity index (χ1n) is 19.7. The Morgan fingerprint density at radius 3 is 1.39 bits per heavy atom. The molecule has 4 rings (SSSR count). The predicted molar refractivity (Wildman–Crippen MR) is 260 cm³/mol. The number of nitrogens with one attached hydrogen (secondary N) is 1. The summed E-state index contributed by atoms with van der Waals surface area (Å²) in [5.41, 5.74) is 6.25. The molecule has 0 heterocycles. The van der Waals surface area contributed by atoms with Crippen LogP contribution in [0.3, 0.4) is 0 Å². The van der Waals surface area contributed by atoms with E-state index in [1.54, 1.807) is 30.8 Å². The van der Waals surface area contributed by atoms with E-state index < -0.39 is 23.3 Å². The number of ether oxygens (including phenoxy) is 2. The van der Waals surface area contributed by atoms with Crippen molar-refractivity contribution in [1.29, 1.82) is 0 Å². The highest BCUT2D eigenvalue weighted by atomic mass is 35.5. The highest BCUT2D eigenvalue weighted by Crippen LogP contribution is 2.45. The van der Waals surface area contributed by atoms with Crippen LogP contribution in [-0.4, -0.2) is 149 Å². The second-order valence-electron chi connectivity index (χ2n) is 17.3. The SMILES string of the molecule is CC1(C(=O)O)CC1.CN(C(=O)OC(C)(C)C)[C@@H](CN)Cc1ccc(Cl)cc1.CN(C(=O)OC(C)(C)C)[C@@H](CNC(=O)C1(C)CC1)Cc1ccc(Cl)cc1.[B]B([B])[B][BH3-].[B][B][B]. The molecule has 2 fully saturated rings. The van der Waals surface area contributed by atoms with Gasteiger partial charge in [0.2, 0.25) is 5.91 Å². The molecular weight excluding hydrogens is 806 g/mol. The van der Waals surface area contributed by atoms with E-state index in [9.17, 15) is 19.2 Å². The standard InChI is InChI=1S/C20H29ClN2O3.C15H23ClN2O2.C5H8O2.B5H3.B3/c1-19(2,3)26-18(25)23(5)16(12-14-6-8-15(21)9-7-14)13-22-17(24)20(4)10-11-20;1-15(2,3)20-14(19)18(4)13(10-17)9-11-5-7-12(16)8-6-11;1-5(2-3-5)4(6)7;1-4-5(2)3;1-3-2/h6-9,16H,10-13H2,1-5H3,(H,22,24);5-8,13H,9-10,17H2,1-4H3;2-3H2,1H3,(H,6,7);1H3;/q;;;-1;/t16-;13-;;;/m11.../s1. The molecule has 2 atom stereocenters. The Hall–Kier alpha value is -3.02. The maximum absolute atomic E-state index is 12.5. The van der Waals surface area contributed by atoms with Crippen LogP contribution in [0.15, 0.2) is 48.5 Å². The van der Waals surface area contributed by atoms with E-state index in [0.717, 1.165) is 43.9 Å². The highest BCUT2D eigenvalue weighted by Gasteiger charge is 2.45. The van der Waals surface area contributed by atoms with Crippen LogP contribution in [-0.2, 0) is 31.9 Å². The molecule has 0 aliphatic heterocycles. The fraction of sp³-hybridized carbons (Fsp3) is 0.600. The van der Waals surface area contributed by atoms with Gasteiger partial charge in [0.15, 0.2) is 0 Å². The van der Waals surface area contributed by atoms with Crippen LogP contribution in [0.4, 0.5) is 9.59 Å². The number of halogens is 2. The van der Waals surface area contributed by atoms with Crippen LogP contribution in [0.1, 0.15) is 92.2 Å². The average Bonchev–Trinajstić information content (AvgIpc) is 4.11. The van der Waals surface area contributed by atoms with Crippen molar-refractivity contribution in [3.05, 3.63) is 69.7 Å². The number of amides is 3. The minimum Gasteiger partial charge on any atom is -0.481 e. The number of carbonyl (C=O) groups is 4. The van der Waals surface area contributed by atoms with Crippen LogP contribution in [0.5, 0.6) is 0 Å². The number of carbonyl (C=O) groups excluding carboxylic acids is 3. The van der Waals surface area contributed by atoms with Gasteiger partial charge < -0.3 is 35.4 Å². The first-order valence-corrected chi connectivity index (χ1v) is 20.4. The summed E-state index contributed by atoms with van der Waals surface area (Å²) >= 11 is 11.8. The third-order valence-corrected chi connectivity index (χ3v) is 9.57. The second kappa shape index (κ2) is 27.2. The molecule has 61 heavy (non-hydrogen) atoms. The maximum Gasteiger partial charge on any atom is 0.410 e. The van der Waals surface area contributed by atoms with Gasteiger partial charge in [0.25, 0.3) is 0 Å². The summed E-state index contributed by atoms with van der Waals surface area (Å²) in [4.78, 5) is 50.0. The number of aliphatic carboxylic acids is 1. The zero-order chi connectivity index (χ0) is 47.4. The van der Waals surface area contributed by atoms with Gasteiger partial charge in [-0.2, -0.15) is 7.06 Å². The van der Waals surface area contributed by atoms with Crippen molar-refractivity contribution in [2.24, 2.45) is 16.6 Å².